The summed E-state index contributed by atoms with van der Waals surface area (Å²) in [6.07, 6.45) is 2.74. The van der Waals surface area contributed by atoms with Crippen LogP contribution in [0.1, 0.15) is 74.6 Å². The summed E-state index contributed by atoms with van der Waals surface area (Å²) in [5.74, 6) is 1.84. The minimum Gasteiger partial charge on any atom is -0.483 e. The molecule has 0 aliphatic rings. The van der Waals surface area contributed by atoms with Crippen LogP contribution in [0, 0.1) is 0 Å². The predicted octanol–water partition coefficient (Wildman–Crippen LogP) is 8.34. The Morgan fingerprint density at radius 3 is 1.33 bits per heavy atom. The van der Waals surface area contributed by atoms with E-state index in [0.717, 1.165) is 64.4 Å². The topological polar surface area (TPSA) is 76.7 Å². The quantitative estimate of drug-likeness (QED) is 0.158. The molecule has 6 nitrogen and oxygen atoms in total. The Bertz CT molecular complexity index is 1370. The number of benzene rings is 4. The number of hydrogen-bond acceptors (Lipinski definition) is 4. The highest BCUT2D eigenvalue weighted by atomic mass is 16.5. The maximum Gasteiger partial charge on any atom is 0.262 e. The van der Waals surface area contributed by atoms with Crippen molar-refractivity contribution in [3.8, 4) is 11.5 Å². The van der Waals surface area contributed by atoms with Gasteiger partial charge in [-0.2, -0.15) is 0 Å². The number of carbonyl (C=O) groups is 2. The third-order valence-corrected chi connectivity index (χ3v) is 7.73. The minimum atomic E-state index is -0.200. The molecule has 224 valence electrons. The lowest BCUT2D eigenvalue weighted by atomic mass is 9.98. The average molecular weight is 579 g/mol. The van der Waals surface area contributed by atoms with Gasteiger partial charge >= 0.3 is 0 Å². The molecule has 0 spiro atoms. The van der Waals surface area contributed by atoms with Crippen molar-refractivity contribution in [2.75, 3.05) is 23.8 Å². The van der Waals surface area contributed by atoms with Gasteiger partial charge in [-0.25, -0.2) is 0 Å². The van der Waals surface area contributed by atoms with Gasteiger partial charge in [0.15, 0.2) is 13.2 Å². The first-order valence-corrected chi connectivity index (χ1v) is 15.1. The van der Waals surface area contributed by atoms with Crippen molar-refractivity contribution in [1.29, 1.82) is 0 Å². The van der Waals surface area contributed by atoms with Gasteiger partial charge in [0, 0.05) is 11.4 Å². The fourth-order valence-corrected chi connectivity index (χ4v) is 4.81. The van der Waals surface area contributed by atoms with Gasteiger partial charge in [-0.05, 0) is 89.8 Å². The van der Waals surface area contributed by atoms with E-state index in [1.54, 1.807) is 0 Å². The lowest BCUT2D eigenvalue weighted by Gasteiger charge is -2.15. The lowest BCUT2D eigenvalue weighted by molar-refractivity contribution is -0.118. The van der Waals surface area contributed by atoms with Crippen LogP contribution in [-0.2, 0) is 16.0 Å². The monoisotopic (exact) mass is 578 g/mol. The van der Waals surface area contributed by atoms with Gasteiger partial charge in [-0.15, -0.1) is 0 Å². The molecule has 0 unspecified atom stereocenters. The van der Waals surface area contributed by atoms with Crippen molar-refractivity contribution >= 4 is 23.2 Å². The van der Waals surface area contributed by atoms with Crippen LogP contribution in [0.15, 0.2) is 97.1 Å². The molecule has 43 heavy (non-hydrogen) atoms. The normalized spacial score (nSPS) is 12.2. The van der Waals surface area contributed by atoms with Crippen molar-refractivity contribution in [3.05, 3.63) is 119 Å². The Hall–Kier alpha value is -4.58. The van der Waals surface area contributed by atoms with Crippen LogP contribution >= 0.6 is 0 Å². The van der Waals surface area contributed by atoms with Crippen LogP contribution in [0.2, 0.25) is 0 Å². The molecule has 0 heterocycles. The third-order valence-electron chi connectivity index (χ3n) is 7.73. The Kier molecular flexibility index (Phi) is 11.4. The summed E-state index contributed by atoms with van der Waals surface area (Å²) in [6, 6.07) is 31.3. The van der Waals surface area contributed by atoms with Gasteiger partial charge in [-0.3, -0.25) is 9.59 Å². The number of ether oxygens (including phenoxy) is 2. The molecule has 0 aromatic heterocycles. The van der Waals surface area contributed by atoms with E-state index in [4.69, 9.17) is 9.47 Å². The number of hydrogen-bond donors (Lipinski definition) is 2. The van der Waals surface area contributed by atoms with E-state index >= 15 is 0 Å². The first kappa shape index (κ1) is 31.4. The van der Waals surface area contributed by atoms with Crippen molar-refractivity contribution in [2.45, 2.75) is 58.8 Å². The third kappa shape index (κ3) is 9.20. The van der Waals surface area contributed by atoms with Crippen molar-refractivity contribution in [3.63, 3.8) is 0 Å². The SMILES string of the molecule is CC[C@H](C)c1ccccc1OCC(=O)Nc1ccc(Cc2ccc(NC(=O)COc3ccccc3[C@@H](C)CC)cc2)cc1. The molecule has 0 aliphatic carbocycles. The Labute approximate surface area is 255 Å². The van der Waals surface area contributed by atoms with Gasteiger partial charge in [0.25, 0.3) is 11.8 Å². The summed E-state index contributed by atoms with van der Waals surface area (Å²) in [4.78, 5) is 25.0. The number of rotatable bonds is 14. The van der Waals surface area contributed by atoms with E-state index in [2.05, 4.69) is 50.5 Å². The molecular formula is C37H42N2O4. The molecule has 2 atom stereocenters. The summed E-state index contributed by atoms with van der Waals surface area (Å²) in [5, 5.41) is 5.82. The zero-order chi connectivity index (χ0) is 30.6. The molecular weight excluding hydrogens is 536 g/mol. The van der Waals surface area contributed by atoms with Crippen molar-refractivity contribution < 1.29 is 19.1 Å². The molecule has 0 fully saturated rings. The van der Waals surface area contributed by atoms with Crippen molar-refractivity contribution in [1.82, 2.24) is 0 Å². The lowest BCUT2D eigenvalue weighted by Crippen LogP contribution is -2.20. The zero-order valence-electron chi connectivity index (χ0n) is 25.6. The number of para-hydroxylation sites is 2. The number of amides is 2. The van der Waals surface area contributed by atoms with Gasteiger partial charge in [0.2, 0.25) is 0 Å². The van der Waals surface area contributed by atoms with Gasteiger partial charge in [0.05, 0.1) is 0 Å². The summed E-state index contributed by atoms with van der Waals surface area (Å²) in [5.41, 5.74) is 5.90. The van der Waals surface area contributed by atoms with Crippen LogP contribution in [0.25, 0.3) is 0 Å². The fourth-order valence-electron chi connectivity index (χ4n) is 4.81. The molecule has 2 amide bonds. The van der Waals surface area contributed by atoms with E-state index in [1.165, 1.54) is 0 Å². The largest absolute Gasteiger partial charge is 0.483 e. The Balaban J connectivity index is 1.23. The van der Waals surface area contributed by atoms with E-state index in [1.807, 2.05) is 84.9 Å². The fraction of sp³-hybridized carbons (Fsp3) is 0.297. The van der Waals surface area contributed by atoms with Crippen LogP contribution in [-0.4, -0.2) is 25.0 Å². The van der Waals surface area contributed by atoms with Crippen molar-refractivity contribution in [2.24, 2.45) is 0 Å². The Morgan fingerprint density at radius 2 is 0.953 bits per heavy atom. The first-order valence-electron chi connectivity index (χ1n) is 15.1. The summed E-state index contributed by atoms with van der Waals surface area (Å²) < 4.78 is 11.7. The molecule has 0 saturated heterocycles. The number of nitrogens with one attached hydrogen (secondary N) is 2. The Morgan fingerprint density at radius 1 is 0.581 bits per heavy atom. The van der Waals surface area contributed by atoms with Gasteiger partial charge in [0.1, 0.15) is 11.5 Å². The number of anilines is 2. The zero-order valence-corrected chi connectivity index (χ0v) is 25.6. The molecule has 0 bridgehead atoms. The molecule has 0 aliphatic heterocycles. The smallest absolute Gasteiger partial charge is 0.262 e. The summed E-state index contributed by atoms with van der Waals surface area (Å²) in [6.45, 7) is 8.50. The maximum absolute atomic E-state index is 12.5. The molecule has 6 heteroatoms. The second kappa shape index (κ2) is 15.6. The highest BCUT2D eigenvalue weighted by Gasteiger charge is 2.13. The molecule has 2 N–H and O–H groups in total. The molecule has 0 saturated carbocycles. The van der Waals surface area contributed by atoms with Gasteiger partial charge in [-0.1, -0.05) is 88.4 Å². The molecule has 4 aromatic carbocycles. The summed E-state index contributed by atoms with van der Waals surface area (Å²) in [7, 11) is 0. The molecule has 4 rings (SSSR count). The van der Waals surface area contributed by atoms with Crippen LogP contribution < -0.4 is 20.1 Å². The second-order valence-corrected chi connectivity index (χ2v) is 10.9. The maximum atomic E-state index is 12.5. The van der Waals surface area contributed by atoms with Gasteiger partial charge < -0.3 is 20.1 Å². The van der Waals surface area contributed by atoms with E-state index in [9.17, 15) is 9.59 Å². The highest BCUT2D eigenvalue weighted by Crippen LogP contribution is 2.29. The second-order valence-electron chi connectivity index (χ2n) is 10.9. The standard InChI is InChI=1S/C37H42N2O4/c1-5-26(3)32-11-7-9-13-34(32)42-24-36(40)38-30-19-15-28(16-20-30)23-29-17-21-31(22-18-29)39-37(41)25-43-35-14-10-8-12-33(35)27(4)6-2/h7-22,26-27H,5-6,23-25H2,1-4H3,(H,38,40)(H,39,41)/t26-,27-/m0/s1. The first-order chi connectivity index (χ1) is 20.9. The number of carbonyl (C=O) groups excluding carboxylic acids is 2. The van der Waals surface area contributed by atoms with E-state index in [-0.39, 0.29) is 25.0 Å². The van der Waals surface area contributed by atoms with Crippen LogP contribution in [0.5, 0.6) is 11.5 Å². The molecule has 0 radical (unpaired) electrons. The highest BCUT2D eigenvalue weighted by molar-refractivity contribution is 5.92. The molecule has 4 aromatic rings. The summed E-state index contributed by atoms with van der Waals surface area (Å²) >= 11 is 0. The van der Waals surface area contributed by atoms with Crippen LogP contribution in [0.3, 0.4) is 0 Å². The minimum absolute atomic E-state index is 0.0461. The predicted molar refractivity (Wildman–Crippen MR) is 174 cm³/mol. The van der Waals surface area contributed by atoms with E-state index in [0.29, 0.717) is 11.8 Å². The average Bonchev–Trinajstić information content (AvgIpc) is 3.04. The van der Waals surface area contributed by atoms with E-state index < -0.39 is 0 Å². The van der Waals surface area contributed by atoms with Crippen LogP contribution in [0.4, 0.5) is 11.4 Å².